The van der Waals surface area contributed by atoms with Crippen molar-refractivity contribution in [3.63, 3.8) is 0 Å². The fraction of sp³-hybridized carbons (Fsp3) is 0.677. The summed E-state index contributed by atoms with van der Waals surface area (Å²) in [5, 5.41) is 0. The predicted molar refractivity (Wildman–Crippen MR) is 146 cm³/mol. The molecule has 2 saturated carbocycles. The first-order valence-electron chi connectivity index (χ1n) is 14.7. The van der Waals surface area contributed by atoms with E-state index in [0.29, 0.717) is 13.2 Å². The summed E-state index contributed by atoms with van der Waals surface area (Å²) in [5.74, 6) is 2.22. The van der Waals surface area contributed by atoms with E-state index in [2.05, 4.69) is 53.5 Å². The van der Waals surface area contributed by atoms with Crippen molar-refractivity contribution in [3.8, 4) is 0 Å². The van der Waals surface area contributed by atoms with Crippen molar-refractivity contribution >= 4 is 11.7 Å². The highest BCUT2D eigenvalue weighted by Gasteiger charge is 2.57. The lowest BCUT2D eigenvalue weighted by atomic mass is 9.46. The molecule has 6 atom stereocenters. The maximum atomic E-state index is 12.1. The van der Waals surface area contributed by atoms with Crippen molar-refractivity contribution in [1.82, 2.24) is 15.4 Å². The van der Waals surface area contributed by atoms with Gasteiger partial charge in [-0.1, -0.05) is 37.6 Å². The lowest BCUT2D eigenvalue weighted by Crippen LogP contribution is -2.51. The molecule has 1 N–H and O–H groups in total. The first kappa shape index (κ1) is 26.0. The van der Waals surface area contributed by atoms with Gasteiger partial charge in [0.25, 0.3) is 0 Å². The van der Waals surface area contributed by atoms with Gasteiger partial charge in [-0.05, 0) is 90.7 Å². The summed E-state index contributed by atoms with van der Waals surface area (Å²) in [6.45, 7) is 9.34. The molecule has 0 bridgehead atoms. The van der Waals surface area contributed by atoms with Gasteiger partial charge in [0.15, 0.2) is 0 Å². The van der Waals surface area contributed by atoms with Gasteiger partial charge in [-0.15, -0.1) is 5.48 Å². The van der Waals surface area contributed by atoms with E-state index in [1.165, 1.54) is 36.8 Å². The average molecular weight is 522 g/mol. The standard InChI is InChI=1S/C31H43N3O4/c1-30-11-9-24(33-38-29(35)37-19-16-34-14-17-36-18-15-34)20-23(30)5-6-25-27-8-7-26(22-4-3-13-32-21-22)31(27,2)12-10-28(25)30/h3-4,7,13,20-21,24-25,27-28,33H,5-6,8-12,14-19H2,1-2H3/t24?,25-,27+,28+,30+,31-/m1/s1. The van der Waals surface area contributed by atoms with Gasteiger partial charge in [0, 0.05) is 32.0 Å². The minimum absolute atomic E-state index is 0.0561. The molecule has 2 heterocycles. The third-order valence-corrected chi connectivity index (χ3v) is 10.7. The molecule has 1 aliphatic heterocycles. The number of carbonyl (C=O) groups is 1. The first-order valence-corrected chi connectivity index (χ1v) is 14.7. The highest BCUT2D eigenvalue weighted by molar-refractivity contribution is 5.72. The summed E-state index contributed by atoms with van der Waals surface area (Å²) in [7, 11) is 0. The molecule has 7 heteroatoms. The topological polar surface area (TPSA) is 72.9 Å². The fourth-order valence-electron chi connectivity index (χ4n) is 8.59. The van der Waals surface area contributed by atoms with Crippen LogP contribution in [0.1, 0.15) is 64.4 Å². The van der Waals surface area contributed by atoms with E-state index in [4.69, 9.17) is 14.3 Å². The van der Waals surface area contributed by atoms with E-state index in [1.807, 2.05) is 12.4 Å². The minimum atomic E-state index is -0.640. The molecule has 206 valence electrons. The minimum Gasteiger partial charge on any atom is -0.432 e. The molecule has 0 aromatic carbocycles. The molecule has 6 rings (SSSR count). The van der Waals surface area contributed by atoms with Crippen LogP contribution >= 0.6 is 0 Å². The van der Waals surface area contributed by atoms with E-state index in [0.717, 1.165) is 63.3 Å². The quantitative estimate of drug-likeness (QED) is 0.305. The summed E-state index contributed by atoms with van der Waals surface area (Å²) in [6, 6.07) is 4.36. The van der Waals surface area contributed by atoms with Crippen molar-refractivity contribution in [2.45, 2.75) is 64.8 Å². The Kier molecular flexibility index (Phi) is 7.36. The first-order chi connectivity index (χ1) is 18.5. The van der Waals surface area contributed by atoms with Gasteiger partial charge < -0.3 is 14.3 Å². The summed E-state index contributed by atoms with van der Waals surface area (Å²) in [5.41, 5.74) is 7.91. The fourth-order valence-corrected chi connectivity index (χ4v) is 8.59. The number of allylic oxidation sites excluding steroid dienone is 3. The van der Waals surface area contributed by atoms with Gasteiger partial charge in [-0.2, -0.15) is 0 Å². The molecule has 4 aliphatic carbocycles. The van der Waals surface area contributed by atoms with E-state index >= 15 is 0 Å². The van der Waals surface area contributed by atoms with Gasteiger partial charge in [0.2, 0.25) is 0 Å². The summed E-state index contributed by atoms with van der Waals surface area (Å²) < 4.78 is 10.6. The van der Waals surface area contributed by atoms with Gasteiger partial charge >= 0.3 is 6.16 Å². The zero-order valence-corrected chi connectivity index (χ0v) is 23.0. The maximum Gasteiger partial charge on any atom is 0.527 e. The highest BCUT2D eigenvalue weighted by atomic mass is 16.8. The molecule has 0 amide bonds. The number of ether oxygens (including phenoxy) is 2. The molecule has 38 heavy (non-hydrogen) atoms. The van der Waals surface area contributed by atoms with Crippen molar-refractivity contribution < 1.29 is 19.1 Å². The Labute approximate surface area is 226 Å². The number of rotatable bonds is 6. The van der Waals surface area contributed by atoms with Gasteiger partial charge in [0.1, 0.15) is 6.61 Å². The van der Waals surface area contributed by atoms with Crippen LogP contribution in [0.2, 0.25) is 0 Å². The van der Waals surface area contributed by atoms with E-state index in [1.54, 1.807) is 5.57 Å². The summed E-state index contributed by atoms with van der Waals surface area (Å²) in [6.07, 6.45) is 16.4. The lowest BCUT2D eigenvalue weighted by molar-refractivity contribution is -0.0313. The van der Waals surface area contributed by atoms with Gasteiger partial charge in [0.05, 0.1) is 19.3 Å². The van der Waals surface area contributed by atoms with Crippen LogP contribution in [0.15, 0.2) is 42.3 Å². The van der Waals surface area contributed by atoms with Crippen LogP contribution < -0.4 is 5.48 Å². The zero-order chi connectivity index (χ0) is 26.2. The van der Waals surface area contributed by atoms with Crippen molar-refractivity contribution in [3.05, 3.63) is 47.8 Å². The maximum absolute atomic E-state index is 12.1. The third-order valence-electron chi connectivity index (χ3n) is 10.7. The van der Waals surface area contributed by atoms with E-state index < -0.39 is 6.16 Å². The predicted octanol–water partition coefficient (Wildman–Crippen LogP) is 5.40. The number of aromatic nitrogens is 1. The molecule has 1 aromatic rings. The Hall–Kier alpha value is -2.22. The van der Waals surface area contributed by atoms with Crippen molar-refractivity contribution in [1.29, 1.82) is 0 Å². The van der Waals surface area contributed by atoms with E-state index in [-0.39, 0.29) is 16.9 Å². The van der Waals surface area contributed by atoms with Crippen LogP contribution in [0, 0.1) is 28.6 Å². The van der Waals surface area contributed by atoms with Crippen LogP contribution in [0.25, 0.3) is 5.57 Å². The molecular formula is C31H43N3O4. The average Bonchev–Trinajstić information content (AvgIpc) is 3.30. The third kappa shape index (κ3) is 4.82. The van der Waals surface area contributed by atoms with Gasteiger partial charge in [-0.25, -0.2) is 4.79 Å². The molecule has 0 radical (unpaired) electrons. The van der Waals surface area contributed by atoms with Crippen LogP contribution in [0.5, 0.6) is 0 Å². The highest BCUT2D eigenvalue weighted by Crippen LogP contribution is 2.66. The number of nitrogens with one attached hydrogen (secondary N) is 1. The van der Waals surface area contributed by atoms with Crippen LogP contribution in [0.3, 0.4) is 0 Å². The number of nitrogens with zero attached hydrogens (tertiary/aromatic N) is 2. The van der Waals surface area contributed by atoms with Gasteiger partial charge in [-0.3, -0.25) is 9.88 Å². The number of pyridine rings is 1. The molecule has 1 aromatic heterocycles. The molecular weight excluding hydrogens is 478 g/mol. The number of hydrogen-bond acceptors (Lipinski definition) is 7. The second kappa shape index (κ2) is 10.7. The second-order valence-electron chi connectivity index (χ2n) is 12.5. The Bertz CT molecular complexity index is 1070. The number of fused-ring (bicyclic) bond motifs is 5. The monoisotopic (exact) mass is 521 g/mol. The SMILES string of the molecule is C[C@]12CCC(NOC(=O)OCCN3CCOCC3)C=C1CC[C@H]1[C@@H]2CC[C@]2(C)C(c3cccnc3)=CC[C@@H]12. The molecule has 1 saturated heterocycles. The Morgan fingerprint density at radius 3 is 2.82 bits per heavy atom. The van der Waals surface area contributed by atoms with Crippen LogP contribution in [0.4, 0.5) is 4.79 Å². The molecule has 3 fully saturated rings. The van der Waals surface area contributed by atoms with E-state index in [9.17, 15) is 4.79 Å². The van der Waals surface area contributed by atoms with Crippen molar-refractivity contribution in [2.75, 3.05) is 39.5 Å². The molecule has 1 unspecified atom stereocenters. The molecule has 5 aliphatic rings. The Morgan fingerprint density at radius 1 is 1.16 bits per heavy atom. The van der Waals surface area contributed by atoms with Crippen LogP contribution in [-0.4, -0.2) is 61.5 Å². The zero-order valence-electron chi connectivity index (χ0n) is 23.0. The number of hydrogen-bond donors (Lipinski definition) is 1. The molecule has 0 spiro atoms. The largest absolute Gasteiger partial charge is 0.527 e. The Morgan fingerprint density at radius 2 is 2.00 bits per heavy atom. The van der Waals surface area contributed by atoms with Crippen molar-refractivity contribution in [2.24, 2.45) is 28.6 Å². The summed E-state index contributed by atoms with van der Waals surface area (Å²) >= 11 is 0. The number of morpholine rings is 1. The smallest absolute Gasteiger partial charge is 0.432 e. The lowest BCUT2D eigenvalue weighted by Gasteiger charge is -2.58. The summed E-state index contributed by atoms with van der Waals surface area (Å²) in [4.78, 5) is 24.1. The number of carbonyl (C=O) groups excluding carboxylic acids is 1. The Balaban J connectivity index is 1.04. The second-order valence-corrected chi connectivity index (χ2v) is 12.5. The van der Waals surface area contributed by atoms with Crippen LogP contribution in [-0.2, 0) is 14.3 Å². The normalized spacial score (nSPS) is 36.8. The molecule has 7 nitrogen and oxygen atoms in total. The number of hydroxylamine groups is 1.